The van der Waals surface area contributed by atoms with Crippen molar-refractivity contribution in [3.05, 3.63) is 16.6 Å². The number of carboxylic acids is 1. The molecule has 0 unspecified atom stereocenters. The molecule has 1 rings (SSSR count). The van der Waals surface area contributed by atoms with E-state index in [1.807, 2.05) is 0 Å². The SMILES string of the molecule is CC(C)N(CC(=O)O)C(=O)c1cncs1. The normalized spacial score (nSPS) is 10.3. The zero-order valence-corrected chi connectivity index (χ0v) is 9.32. The summed E-state index contributed by atoms with van der Waals surface area (Å²) in [5.74, 6) is -1.29. The number of rotatable bonds is 4. The minimum absolute atomic E-state index is 0.143. The quantitative estimate of drug-likeness (QED) is 0.837. The molecule has 6 heteroatoms. The molecule has 0 radical (unpaired) electrons. The second-order valence-corrected chi connectivity index (χ2v) is 4.17. The van der Waals surface area contributed by atoms with Crippen LogP contribution in [0.4, 0.5) is 0 Å². The van der Waals surface area contributed by atoms with Gasteiger partial charge in [-0.3, -0.25) is 14.6 Å². The second-order valence-electron chi connectivity index (χ2n) is 3.29. The summed E-state index contributed by atoms with van der Waals surface area (Å²) in [6.45, 7) is 3.28. The average Bonchev–Trinajstić information content (AvgIpc) is 2.65. The molecule has 82 valence electrons. The fourth-order valence-electron chi connectivity index (χ4n) is 1.10. The fourth-order valence-corrected chi connectivity index (χ4v) is 1.67. The molecule has 0 fully saturated rings. The Labute approximate surface area is 91.4 Å². The maximum absolute atomic E-state index is 11.8. The van der Waals surface area contributed by atoms with Gasteiger partial charge in [-0.05, 0) is 13.8 Å². The Bertz CT molecular complexity index is 348. The fraction of sp³-hybridized carbons (Fsp3) is 0.444. The van der Waals surface area contributed by atoms with Crippen molar-refractivity contribution in [1.82, 2.24) is 9.88 Å². The molecule has 1 amide bonds. The number of thiazole rings is 1. The predicted octanol–water partition coefficient (Wildman–Crippen LogP) is 1.08. The van der Waals surface area contributed by atoms with Gasteiger partial charge in [0.1, 0.15) is 11.4 Å². The Morgan fingerprint density at radius 3 is 2.67 bits per heavy atom. The number of hydrogen-bond donors (Lipinski definition) is 1. The summed E-state index contributed by atoms with van der Waals surface area (Å²) in [6.07, 6.45) is 1.45. The molecular weight excluding hydrogens is 216 g/mol. The van der Waals surface area contributed by atoms with Crippen molar-refractivity contribution in [2.75, 3.05) is 6.54 Å². The van der Waals surface area contributed by atoms with E-state index in [2.05, 4.69) is 4.98 Å². The molecule has 1 heterocycles. The third-order valence-electron chi connectivity index (χ3n) is 1.83. The van der Waals surface area contributed by atoms with Crippen LogP contribution in [0.5, 0.6) is 0 Å². The molecule has 1 aromatic heterocycles. The molecule has 1 N–H and O–H groups in total. The minimum Gasteiger partial charge on any atom is -0.480 e. The van der Waals surface area contributed by atoms with E-state index >= 15 is 0 Å². The van der Waals surface area contributed by atoms with Gasteiger partial charge in [-0.1, -0.05) is 0 Å². The molecular formula is C9H12N2O3S. The molecule has 0 aliphatic heterocycles. The van der Waals surface area contributed by atoms with Crippen LogP contribution in [-0.2, 0) is 4.79 Å². The highest BCUT2D eigenvalue weighted by atomic mass is 32.1. The first-order valence-corrected chi connectivity index (χ1v) is 5.31. The van der Waals surface area contributed by atoms with Gasteiger partial charge < -0.3 is 10.0 Å². The van der Waals surface area contributed by atoms with Crippen molar-refractivity contribution in [2.24, 2.45) is 0 Å². The van der Waals surface area contributed by atoms with Crippen LogP contribution in [0.2, 0.25) is 0 Å². The number of carbonyl (C=O) groups is 2. The van der Waals surface area contributed by atoms with Crippen LogP contribution in [0.1, 0.15) is 23.5 Å². The van der Waals surface area contributed by atoms with Crippen LogP contribution in [0.15, 0.2) is 11.7 Å². The van der Waals surface area contributed by atoms with Gasteiger partial charge in [-0.15, -0.1) is 11.3 Å². The Morgan fingerprint density at radius 1 is 1.60 bits per heavy atom. The molecule has 5 nitrogen and oxygen atoms in total. The van der Waals surface area contributed by atoms with E-state index in [9.17, 15) is 9.59 Å². The number of aliphatic carboxylic acids is 1. The molecule has 0 aliphatic carbocycles. The lowest BCUT2D eigenvalue weighted by Gasteiger charge is -2.23. The van der Waals surface area contributed by atoms with E-state index in [1.54, 1.807) is 19.4 Å². The highest BCUT2D eigenvalue weighted by Gasteiger charge is 2.22. The summed E-state index contributed by atoms with van der Waals surface area (Å²) < 4.78 is 0. The summed E-state index contributed by atoms with van der Waals surface area (Å²) in [7, 11) is 0. The summed E-state index contributed by atoms with van der Waals surface area (Å²) in [5.41, 5.74) is 1.55. The molecule has 1 aromatic rings. The third kappa shape index (κ3) is 3.02. The largest absolute Gasteiger partial charge is 0.480 e. The summed E-state index contributed by atoms with van der Waals surface area (Å²) >= 11 is 1.21. The number of aromatic nitrogens is 1. The van der Waals surface area contributed by atoms with Crippen LogP contribution in [0.25, 0.3) is 0 Å². The van der Waals surface area contributed by atoms with Crippen LogP contribution in [-0.4, -0.2) is 39.5 Å². The molecule has 15 heavy (non-hydrogen) atoms. The maximum Gasteiger partial charge on any atom is 0.323 e. The van der Waals surface area contributed by atoms with E-state index in [1.165, 1.54) is 22.4 Å². The van der Waals surface area contributed by atoms with Crippen molar-refractivity contribution >= 4 is 23.2 Å². The first-order chi connectivity index (χ1) is 7.02. The van der Waals surface area contributed by atoms with Crippen molar-refractivity contribution in [2.45, 2.75) is 19.9 Å². The topological polar surface area (TPSA) is 70.5 Å². The Balaban J connectivity index is 2.81. The zero-order valence-electron chi connectivity index (χ0n) is 8.51. The van der Waals surface area contributed by atoms with E-state index in [0.29, 0.717) is 4.88 Å². The van der Waals surface area contributed by atoms with Gasteiger partial charge in [-0.2, -0.15) is 0 Å². The van der Waals surface area contributed by atoms with Gasteiger partial charge in [-0.25, -0.2) is 0 Å². The lowest BCUT2D eigenvalue weighted by Crippen LogP contribution is -2.40. The molecule has 0 saturated heterocycles. The van der Waals surface area contributed by atoms with Gasteiger partial charge in [0.25, 0.3) is 5.91 Å². The van der Waals surface area contributed by atoms with Crippen molar-refractivity contribution < 1.29 is 14.7 Å². The molecule has 0 saturated carbocycles. The lowest BCUT2D eigenvalue weighted by atomic mass is 10.3. The average molecular weight is 228 g/mol. The molecule has 0 bridgehead atoms. The molecule has 0 aliphatic rings. The number of carbonyl (C=O) groups excluding carboxylic acids is 1. The minimum atomic E-state index is -1.01. The van der Waals surface area contributed by atoms with E-state index in [4.69, 9.17) is 5.11 Å². The Hall–Kier alpha value is -1.43. The number of amides is 1. The van der Waals surface area contributed by atoms with E-state index < -0.39 is 5.97 Å². The van der Waals surface area contributed by atoms with Crippen molar-refractivity contribution in [1.29, 1.82) is 0 Å². The first kappa shape index (κ1) is 11.6. The number of carboxylic acid groups (broad SMARTS) is 1. The summed E-state index contributed by atoms with van der Waals surface area (Å²) in [5, 5.41) is 8.67. The number of hydrogen-bond acceptors (Lipinski definition) is 4. The standard InChI is InChI=1S/C9H12N2O3S/c1-6(2)11(4-8(12)13)9(14)7-3-10-5-15-7/h3,5-6H,4H2,1-2H3,(H,12,13). The van der Waals surface area contributed by atoms with Crippen LogP contribution in [0, 0.1) is 0 Å². The molecule has 0 spiro atoms. The smallest absolute Gasteiger partial charge is 0.323 e. The molecule has 0 aromatic carbocycles. The van der Waals surface area contributed by atoms with Crippen molar-refractivity contribution in [3.8, 4) is 0 Å². The first-order valence-electron chi connectivity index (χ1n) is 4.43. The van der Waals surface area contributed by atoms with Gasteiger partial charge in [0.05, 0.1) is 11.7 Å². The van der Waals surface area contributed by atoms with E-state index in [-0.39, 0.29) is 18.5 Å². The van der Waals surface area contributed by atoms with Gasteiger partial charge in [0.15, 0.2) is 0 Å². The van der Waals surface area contributed by atoms with E-state index in [0.717, 1.165) is 0 Å². The zero-order chi connectivity index (χ0) is 11.4. The highest BCUT2D eigenvalue weighted by Crippen LogP contribution is 2.11. The monoisotopic (exact) mass is 228 g/mol. The summed E-state index contributed by atoms with van der Waals surface area (Å²) in [4.78, 5) is 28.0. The van der Waals surface area contributed by atoms with Gasteiger partial charge in [0, 0.05) is 6.04 Å². The Kier molecular flexibility index (Phi) is 3.79. The molecule has 0 atom stereocenters. The lowest BCUT2D eigenvalue weighted by molar-refractivity contribution is -0.138. The highest BCUT2D eigenvalue weighted by molar-refractivity contribution is 7.11. The predicted molar refractivity (Wildman–Crippen MR) is 55.9 cm³/mol. The Morgan fingerprint density at radius 2 is 2.27 bits per heavy atom. The third-order valence-corrected chi connectivity index (χ3v) is 2.59. The van der Waals surface area contributed by atoms with Crippen molar-refractivity contribution in [3.63, 3.8) is 0 Å². The maximum atomic E-state index is 11.8. The van der Waals surface area contributed by atoms with Crippen LogP contribution < -0.4 is 0 Å². The van der Waals surface area contributed by atoms with Gasteiger partial charge in [0.2, 0.25) is 0 Å². The summed E-state index contributed by atoms with van der Waals surface area (Å²) in [6, 6.07) is -0.143. The van der Waals surface area contributed by atoms with Gasteiger partial charge >= 0.3 is 5.97 Å². The van der Waals surface area contributed by atoms with Crippen LogP contribution >= 0.6 is 11.3 Å². The van der Waals surface area contributed by atoms with Crippen LogP contribution in [0.3, 0.4) is 0 Å². The second kappa shape index (κ2) is 4.88. The number of nitrogens with zero attached hydrogens (tertiary/aromatic N) is 2.